The standard InChI is InChI=1S/C9H13N5O3.ClH/c1-4(10)7(15)14-11-3-6-5(2)12-9(17)13-8(6)16;/h3-4H,10H2,1-2H3,(H,14,15)(H2,12,13,16,17);1H/b11-3+;. The van der Waals surface area contributed by atoms with E-state index in [9.17, 15) is 14.4 Å². The van der Waals surface area contributed by atoms with Gasteiger partial charge in [-0.1, -0.05) is 0 Å². The van der Waals surface area contributed by atoms with Crippen LogP contribution in [0.15, 0.2) is 14.7 Å². The zero-order valence-corrected chi connectivity index (χ0v) is 10.6. The first-order chi connectivity index (χ1) is 7.91. The van der Waals surface area contributed by atoms with Crippen molar-refractivity contribution < 1.29 is 4.79 Å². The van der Waals surface area contributed by atoms with E-state index in [4.69, 9.17) is 5.73 Å². The number of hydrazone groups is 1. The van der Waals surface area contributed by atoms with Crippen LogP contribution in [0.5, 0.6) is 0 Å². The number of aromatic nitrogens is 2. The molecule has 1 aromatic rings. The summed E-state index contributed by atoms with van der Waals surface area (Å²) in [4.78, 5) is 37.8. The van der Waals surface area contributed by atoms with Crippen LogP contribution >= 0.6 is 12.4 Å². The number of nitrogens with one attached hydrogen (secondary N) is 3. The van der Waals surface area contributed by atoms with Gasteiger partial charge >= 0.3 is 5.69 Å². The van der Waals surface area contributed by atoms with Gasteiger partial charge in [0.05, 0.1) is 17.8 Å². The van der Waals surface area contributed by atoms with Crippen LogP contribution < -0.4 is 22.4 Å². The molecule has 0 saturated heterocycles. The van der Waals surface area contributed by atoms with Crippen molar-refractivity contribution in [2.75, 3.05) is 0 Å². The second-order valence-electron chi connectivity index (χ2n) is 3.47. The van der Waals surface area contributed by atoms with Gasteiger partial charge in [-0.25, -0.2) is 10.2 Å². The molecule has 8 nitrogen and oxygen atoms in total. The van der Waals surface area contributed by atoms with E-state index < -0.39 is 23.2 Å². The largest absolute Gasteiger partial charge is 0.325 e. The normalized spacial score (nSPS) is 11.9. The summed E-state index contributed by atoms with van der Waals surface area (Å²) in [5, 5.41) is 3.57. The third-order valence-corrected chi connectivity index (χ3v) is 1.96. The topological polar surface area (TPSA) is 133 Å². The van der Waals surface area contributed by atoms with Crippen LogP contribution in [-0.4, -0.2) is 28.1 Å². The van der Waals surface area contributed by atoms with E-state index in [0.29, 0.717) is 5.69 Å². The summed E-state index contributed by atoms with van der Waals surface area (Å²) in [5.41, 5.74) is 6.80. The van der Waals surface area contributed by atoms with Crippen LogP contribution in [0.2, 0.25) is 0 Å². The number of rotatable bonds is 3. The highest BCUT2D eigenvalue weighted by Gasteiger charge is 2.05. The van der Waals surface area contributed by atoms with E-state index in [2.05, 4.69) is 15.5 Å². The minimum Gasteiger partial charge on any atom is -0.320 e. The Morgan fingerprint density at radius 1 is 1.44 bits per heavy atom. The quantitative estimate of drug-likeness (QED) is 0.398. The van der Waals surface area contributed by atoms with E-state index in [0.717, 1.165) is 6.21 Å². The monoisotopic (exact) mass is 275 g/mol. The van der Waals surface area contributed by atoms with Gasteiger partial charge in [0.1, 0.15) is 0 Å². The Bertz CT molecular complexity index is 560. The molecule has 100 valence electrons. The minimum atomic E-state index is -0.692. The molecule has 1 atom stereocenters. The number of nitrogens with zero attached hydrogens (tertiary/aromatic N) is 1. The number of amides is 1. The first kappa shape index (κ1) is 16.1. The first-order valence-corrected chi connectivity index (χ1v) is 4.83. The number of carbonyl (C=O) groups excluding carboxylic acids is 1. The van der Waals surface area contributed by atoms with Gasteiger partial charge in [0.15, 0.2) is 0 Å². The maximum absolute atomic E-state index is 11.4. The number of nitrogens with two attached hydrogens (primary N) is 1. The Morgan fingerprint density at radius 3 is 2.56 bits per heavy atom. The van der Waals surface area contributed by atoms with Gasteiger partial charge in [0, 0.05) is 5.69 Å². The predicted octanol–water partition coefficient (Wildman–Crippen LogP) is -1.41. The summed E-state index contributed by atoms with van der Waals surface area (Å²) in [5.74, 6) is -0.472. The summed E-state index contributed by atoms with van der Waals surface area (Å²) >= 11 is 0. The molecule has 0 bridgehead atoms. The maximum atomic E-state index is 11.4. The molecular weight excluding hydrogens is 262 g/mol. The smallest absolute Gasteiger partial charge is 0.320 e. The number of halogens is 1. The van der Waals surface area contributed by atoms with Crippen LogP contribution in [0.3, 0.4) is 0 Å². The van der Waals surface area contributed by atoms with Crippen LogP contribution in [0.25, 0.3) is 0 Å². The van der Waals surface area contributed by atoms with E-state index in [1.165, 1.54) is 6.92 Å². The number of aromatic amines is 2. The van der Waals surface area contributed by atoms with E-state index in [1.807, 2.05) is 4.98 Å². The van der Waals surface area contributed by atoms with Crippen LogP contribution in [0, 0.1) is 6.92 Å². The molecule has 0 aliphatic carbocycles. The molecule has 5 N–H and O–H groups in total. The van der Waals surface area contributed by atoms with Gasteiger partial charge in [0.2, 0.25) is 0 Å². The van der Waals surface area contributed by atoms with E-state index in [1.54, 1.807) is 6.92 Å². The molecule has 1 rings (SSSR count). The molecule has 0 spiro atoms. The second-order valence-corrected chi connectivity index (χ2v) is 3.47. The summed E-state index contributed by atoms with van der Waals surface area (Å²) in [6.45, 7) is 3.05. The number of H-pyrrole nitrogens is 2. The van der Waals surface area contributed by atoms with Crippen LogP contribution in [-0.2, 0) is 4.79 Å². The van der Waals surface area contributed by atoms with Crippen molar-refractivity contribution in [2.24, 2.45) is 10.8 Å². The highest BCUT2D eigenvalue weighted by molar-refractivity contribution is 5.85. The molecule has 0 saturated carbocycles. The summed E-state index contributed by atoms with van der Waals surface area (Å²) in [7, 11) is 0. The second kappa shape index (κ2) is 6.72. The fourth-order valence-corrected chi connectivity index (χ4v) is 1.03. The minimum absolute atomic E-state index is 0. The Morgan fingerprint density at radius 2 is 2.06 bits per heavy atom. The molecule has 1 heterocycles. The Balaban J connectivity index is 0.00000289. The molecule has 0 aliphatic heterocycles. The Labute approximate surface area is 108 Å². The van der Waals surface area contributed by atoms with E-state index >= 15 is 0 Å². The van der Waals surface area contributed by atoms with Crippen molar-refractivity contribution >= 4 is 24.5 Å². The third kappa shape index (κ3) is 4.15. The molecule has 0 radical (unpaired) electrons. The van der Waals surface area contributed by atoms with E-state index in [-0.39, 0.29) is 18.0 Å². The SMILES string of the molecule is Cc1[nH]c(=O)[nH]c(=O)c1/C=N/NC(=O)C(C)N.Cl. The lowest BCUT2D eigenvalue weighted by molar-refractivity contribution is -0.121. The summed E-state index contributed by atoms with van der Waals surface area (Å²) in [6.07, 6.45) is 1.14. The molecule has 1 unspecified atom stereocenters. The van der Waals surface area contributed by atoms with Crippen molar-refractivity contribution in [3.8, 4) is 0 Å². The highest BCUT2D eigenvalue weighted by atomic mass is 35.5. The molecule has 1 aromatic heterocycles. The van der Waals surface area contributed by atoms with Gasteiger partial charge in [0.25, 0.3) is 11.5 Å². The van der Waals surface area contributed by atoms with Gasteiger partial charge in [-0.3, -0.25) is 14.6 Å². The molecule has 0 fully saturated rings. The van der Waals surface area contributed by atoms with Crippen LogP contribution in [0.1, 0.15) is 18.2 Å². The Kier molecular flexibility index (Phi) is 6.00. The van der Waals surface area contributed by atoms with Gasteiger partial charge in [-0.2, -0.15) is 5.10 Å². The first-order valence-electron chi connectivity index (χ1n) is 4.83. The zero-order chi connectivity index (χ0) is 13.0. The Hall–Kier alpha value is -1.93. The number of carbonyl (C=O) groups is 1. The lowest BCUT2D eigenvalue weighted by Crippen LogP contribution is -2.35. The highest BCUT2D eigenvalue weighted by Crippen LogP contribution is 1.89. The van der Waals surface area contributed by atoms with Crippen molar-refractivity contribution in [1.82, 2.24) is 15.4 Å². The summed E-state index contributed by atoms with van der Waals surface area (Å²) < 4.78 is 0. The van der Waals surface area contributed by atoms with Gasteiger partial charge < -0.3 is 10.7 Å². The molecular formula is C9H14ClN5O3. The van der Waals surface area contributed by atoms with Crippen molar-refractivity contribution in [1.29, 1.82) is 0 Å². The zero-order valence-electron chi connectivity index (χ0n) is 9.81. The number of hydrogen-bond acceptors (Lipinski definition) is 5. The van der Waals surface area contributed by atoms with Crippen molar-refractivity contribution in [3.63, 3.8) is 0 Å². The van der Waals surface area contributed by atoms with Crippen LogP contribution in [0.4, 0.5) is 0 Å². The fraction of sp³-hybridized carbons (Fsp3) is 0.333. The lowest BCUT2D eigenvalue weighted by atomic mass is 10.2. The average molecular weight is 276 g/mol. The molecule has 18 heavy (non-hydrogen) atoms. The maximum Gasteiger partial charge on any atom is 0.325 e. The molecule has 9 heteroatoms. The van der Waals surface area contributed by atoms with Crippen molar-refractivity contribution in [2.45, 2.75) is 19.9 Å². The summed E-state index contributed by atoms with van der Waals surface area (Å²) in [6, 6.07) is -0.692. The van der Waals surface area contributed by atoms with Gasteiger partial charge in [-0.15, -0.1) is 12.4 Å². The fourth-order valence-electron chi connectivity index (χ4n) is 1.03. The lowest BCUT2D eigenvalue weighted by Gasteiger charge is -2.02. The third-order valence-electron chi connectivity index (χ3n) is 1.96. The number of hydrogen-bond donors (Lipinski definition) is 4. The predicted molar refractivity (Wildman–Crippen MR) is 69.1 cm³/mol. The molecule has 0 aromatic carbocycles. The van der Waals surface area contributed by atoms with Gasteiger partial charge in [-0.05, 0) is 13.8 Å². The molecule has 1 amide bonds. The average Bonchev–Trinajstić information content (AvgIpc) is 2.21. The molecule has 0 aliphatic rings. The number of aryl methyl sites for hydroxylation is 1. The van der Waals surface area contributed by atoms with Crippen molar-refractivity contribution in [3.05, 3.63) is 32.1 Å².